The van der Waals surface area contributed by atoms with Gasteiger partial charge in [-0.3, -0.25) is 9.25 Å². The topological polar surface area (TPSA) is 60.6 Å². The summed E-state index contributed by atoms with van der Waals surface area (Å²) in [4.78, 5) is 0. The number of halogens is 1. The van der Waals surface area contributed by atoms with Crippen LogP contribution in [0.1, 0.15) is 29.7 Å². The zero-order chi connectivity index (χ0) is 20.0. The molecule has 0 fully saturated rings. The third kappa shape index (κ3) is 3.29. The second kappa shape index (κ2) is 7.04. The van der Waals surface area contributed by atoms with Crippen LogP contribution in [0.2, 0.25) is 5.02 Å². The van der Waals surface area contributed by atoms with E-state index < -0.39 is 0 Å². The SMILES string of the molecule is Cc1nnc2n1-c1ccc(-c3cnn(C)c3)cc1C(Nc1ccc(Cl)cc1)CC2. The lowest BCUT2D eigenvalue weighted by atomic mass is 9.97. The van der Waals surface area contributed by atoms with E-state index in [-0.39, 0.29) is 6.04 Å². The molecule has 1 aliphatic rings. The van der Waals surface area contributed by atoms with E-state index in [0.717, 1.165) is 52.0 Å². The van der Waals surface area contributed by atoms with Gasteiger partial charge in [0.1, 0.15) is 11.6 Å². The highest BCUT2D eigenvalue weighted by atomic mass is 35.5. The van der Waals surface area contributed by atoms with E-state index in [9.17, 15) is 0 Å². The largest absolute Gasteiger partial charge is 0.378 e. The zero-order valence-electron chi connectivity index (χ0n) is 16.3. The molecule has 4 aromatic rings. The van der Waals surface area contributed by atoms with E-state index in [1.54, 1.807) is 0 Å². The van der Waals surface area contributed by atoms with Crippen LogP contribution in [0, 0.1) is 6.92 Å². The molecule has 1 atom stereocenters. The van der Waals surface area contributed by atoms with Crippen LogP contribution in [0.25, 0.3) is 16.8 Å². The Bertz CT molecular complexity index is 1170. The van der Waals surface area contributed by atoms with E-state index >= 15 is 0 Å². The average Bonchev–Trinajstić information content (AvgIpc) is 3.28. The van der Waals surface area contributed by atoms with Crippen molar-refractivity contribution >= 4 is 17.3 Å². The summed E-state index contributed by atoms with van der Waals surface area (Å²) in [6, 6.07) is 14.6. The predicted molar refractivity (Wildman–Crippen MR) is 114 cm³/mol. The minimum absolute atomic E-state index is 0.142. The number of hydrogen-bond donors (Lipinski definition) is 1. The Balaban J connectivity index is 1.62. The molecule has 5 rings (SSSR count). The molecule has 0 spiro atoms. The summed E-state index contributed by atoms with van der Waals surface area (Å²) in [5, 5.41) is 17.5. The number of nitrogens with one attached hydrogen (secondary N) is 1. The van der Waals surface area contributed by atoms with Crippen molar-refractivity contribution in [2.45, 2.75) is 25.8 Å². The van der Waals surface area contributed by atoms with Gasteiger partial charge in [-0.2, -0.15) is 5.10 Å². The Hall–Kier alpha value is -3.12. The molecule has 3 heterocycles. The van der Waals surface area contributed by atoms with Crippen molar-refractivity contribution in [3.63, 3.8) is 0 Å². The van der Waals surface area contributed by atoms with Crippen LogP contribution < -0.4 is 5.32 Å². The number of aromatic nitrogens is 5. The maximum atomic E-state index is 6.06. The zero-order valence-corrected chi connectivity index (χ0v) is 17.1. The third-order valence-electron chi connectivity index (χ3n) is 5.42. The van der Waals surface area contributed by atoms with Crippen molar-refractivity contribution in [1.29, 1.82) is 0 Å². The van der Waals surface area contributed by atoms with Gasteiger partial charge in [-0.05, 0) is 60.9 Å². The number of nitrogens with zero attached hydrogens (tertiary/aromatic N) is 5. The van der Waals surface area contributed by atoms with Crippen LogP contribution >= 0.6 is 11.6 Å². The molecule has 0 amide bonds. The van der Waals surface area contributed by atoms with Crippen LogP contribution in [0.4, 0.5) is 5.69 Å². The van der Waals surface area contributed by atoms with Crippen molar-refractivity contribution in [2.24, 2.45) is 7.05 Å². The Kier molecular flexibility index (Phi) is 4.36. The molecule has 6 nitrogen and oxygen atoms in total. The van der Waals surface area contributed by atoms with Gasteiger partial charge in [0.2, 0.25) is 0 Å². The average molecular weight is 405 g/mol. The summed E-state index contributed by atoms with van der Waals surface area (Å²) >= 11 is 6.06. The Morgan fingerprint density at radius 2 is 1.90 bits per heavy atom. The van der Waals surface area contributed by atoms with Gasteiger partial charge in [0, 0.05) is 35.9 Å². The van der Waals surface area contributed by atoms with Crippen LogP contribution in [-0.4, -0.2) is 24.5 Å². The molecule has 0 bridgehead atoms. The van der Waals surface area contributed by atoms with Gasteiger partial charge in [0.15, 0.2) is 0 Å². The first-order valence-electron chi connectivity index (χ1n) is 9.65. The number of aryl methyl sites for hydroxylation is 3. The third-order valence-corrected chi connectivity index (χ3v) is 5.67. The smallest absolute Gasteiger partial charge is 0.137 e. The van der Waals surface area contributed by atoms with Crippen molar-refractivity contribution in [1.82, 2.24) is 24.5 Å². The van der Waals surface area contributed by atoms with Crippen molar-refractivity contribution in [3.8, 4) is 16.8 Å². The molecule has 0 saturated carbocycles. The first-order chi connectivity index (χ1) is 14.1. The highest BCUT2D eigenvalue weighted by molar-refractivity contribution is 6.30. The lowest BCUT2D eigenvalue weighted by molar-refractivity contribution is 0.686. The highest BCUT2D eigenvalue weighted by Gasteiger charge is 2.25. The fraction of sp³-hybridized carbons (Fsp3) is 0.227. The second-order valence-corrected chi connectivity index (χ2v) is 7.85. The lowest BCUT2D eigenvalue weighted by Crippen LogP contribution is -2.12. The number of benzene rings is 2. The summed E-state index contributed by atoms with van der Waals surface area (Å²) in [6.45, 7) is 2.00. The molecule has 0 saturated heterocycles. The van der Waals surface area contributed by atoms with Gasteiger partial charge in [0.05, 0.1) is 17.9 Å². The summed E-state index contributed by atoms with van der Waals surface area (Å²) in [6.07, 6.45) is 5.71. The molecular formula is C22H21ClN6. The van der Waals surface area contributed by atoms with Crippen LogP contribution in [0.15, 0.2) is 54.9 Å². The predicted octanol–water partition coefficient (Wildman–Crippen LogP) is 4.73. The van der Waals surface area contributed by atoms with Crippen molar-refractivity contribution in [3.05, 3.63) is 77.1 Å². The summed E-state index contributed by atoms with van der Waals surface area (Å²) in [5.74, 6) is 1.90. The van der Waals surface area contributed by atoms with E-state index in [0.29, 0.717) is 0 Å². The minimum Gasteiger partial charge on any atom is -0.378 e. The minimum atomic E-state index is 0.142. The van der Waals surface area contributed by atoms with E-state index in [2.05, 4.69) is 43.4 Å². The first kappa shape index (κ1) is 17.9. The fourth-order valence-corrected chi connectivity index (χ4v) is 4.12. The second-order valence-electron chi connectivity index (χ2n) is 7.42. The quantitative estimate of drug-likeness (QED) is 0.536. The number of fused-ring (bicyclic) bond motifs is 3. The number of hydrogen-bond acceptors (Lipinski definition) is 4. The molecule has 0 radical (unpaired) electrons. The number of rotatable bonds is 3. The maximum Gasteiger partial charge on any atom is 0.137 e. The molecule has 7 heteroatoms. The molecule has 1 N–H and O–H groups in total. The normalized spacial score (nSPS) is 15.5. The molecule has 29 heavy (non-hydrogen) atoms. The van der Waals surface area contributed by atoms with Gasteiger partial charge in [-0.1, -0.05) is 17.7 Å². The Labute approximate surface area is 174 Å². The van der Waals surface area contributed by atoms with Crippen molar-refractivity contribution < 1.29 is 0 Å². The Morgan fingerprint density at radius 1 is 1.07 bits per heavy atom. The maximum absolute atomic E-state index is 6.06. The molecule has 0 aliphatic carbocycles. The number of anilines is 1. The van der Waals surface area contributed by atoms with Gasteiger partial charge in [-0.15, -0.1) is 10.2 Å². The molecule has 2 aromatic carbocycles. The fourth-order valence-electron chi connectivity index (χ4n) is 3.99. The van der Waals surface area contributed by atoms with Crippen molar-refractivity contribution in [2.75, 3.05) is 5.32 Å². The molecule has 146 valence electrons. The van der Waals surface area contributed by atoms with Gasteiger partial charge < -0.3 is 5.32 Å². The summed E-state index contributed by atoms with van der Waals surface area (Å²) in [7, 11) is 1.94. The van der Waals surface area contributed by atoms with Gasteiger partial charge in [-0.25, -0.2) is 0 Å². The first-order valence-corrected chi connectivity index (χ1v) is 10.0. The molecular weight excluding hydrogens is 384 g/mol. The Morgan fingerprint density at radius 3 is 2.66 bits per heavy atom. The molecule has 1 aliphatic heterocycles. The van der Waals surface area contributed by atoms with Crippen LogP contribution in [0.3, 0.4) is 0 Å². The monoisotopic (exact) mass is 404 g/mol. The lowest BCUT2D eigenvalue weighted by Gasteiger charge is -2.22. The summed E-state index contributed by atoms with van der Waals surface area (Å²) in [5.41, 5.74) is 5.65. The van der Waals surface area contributed by atoms with E-state index in [1.807, 2.05) is 55.3 Å². The molecule has 2 aromatic heterocycles. The molecule has 1 unspecified atom stereocenters. The van der Waals surface area contributed by atoms with Crippen LogP contribution in [-0.2, 0) is 13.5 Å². The highest BCUT2D eigenvalue weighted by Crippen LogP contribution is 2.36. The van der Waals surface area contributed by atoms with E-state index in [4.69, 9.17) is 11.6 Å². The van der Waals surface area contributed by atoms with Crippen LogP contribution in [0.5, 0.6) is 0 Å². The van der Waals surface area contributed by atoms with E-state index in [1.165, 1.54) is 5.56 Å². The van der Waals surface area contributed by atoms with Gasteiger partial charge in [0.25, 0.3) is 0 Å². The van der Waals surface area contributed by atoms with Gasteiger partial charge >= 0.3 is 0 Å². The summed E-state index contributed by atoms with van der Waals surface area (Å²) < 4.78 is 4.00. The standard InChI is InChI=1S/C22H21ClN6/c1-14-26-27-22-10-8-20(25-18-6-4-17(23)5-7-18)19-11-15(3-9-21(19)29(14)22)16-12-24-28(2)13-16/h3-7,9,11-13,20,25H,8,10H2,1-2H3.